The number of benzene rings is 1. The minimum absolute atomic E-state index is 0. The highest BCUT2D eigenvalue weighted by atomic mass is 35.5. The van der Waals surface area contributed by atoms with Gasteiger partial charge in [-0.15, -0.1) is 12.4 Å². The van der Waals surface area contributed by atoms with E-state index in [2.05, 4.69) is 17.1 Å². The largest absolute Gasteiger partial charge is 0.492 e. The van der Waals surface area contributed by atoms with E-state index in [1.165, 1.54) is 6.26 Å². The summed E-state index contributed by atoms with van der Waals surface area (Å²) in [6.45, 7) is 6.64. The van der Waals surface area contributed by atoms with Crippen LogP contribution in [0.4, 0.5) is 0 Å². The Hall–Kier alpha value is -0.820. The molecule has 0 aromatic heterocycles. The highest BCUT2D eigenvalue weighted by molar-refractivity contribution is 7.90. The van der Waals surface area contributed by atoms with Crippen molar-refractivity contribution >= 4 is 22.2 Å². The third kappa shape index (κ3) is 5.47. The van der Waals surface area contributed by atoms with Crippen molar-refractivity contribution in [2.24, 2.45) is 0 Å². The molecule has 1 N–H and O–H groups in total. The monoisotopic (exact) mass is 334 g/mol. The topological polar surface area (TPSA) is 58.6 Å². The molecule has 0 aliphatic carbocycles. The van der Waals surface area contributed by atoms with Crippen LogP contribution in [0.1, 0.15) is 6.92 Å². The van der Waals surface area contributed by atoms with E-state index in [9.17, 15) is 8.42 Å². The first kappa shape index (κ1) is 18.2. The summed E-state index contributed by atoms with van der Waals surface area (Å²) in [6, 6.07) is 7.17. The Labute approximate surface area is 133 Å². The Bertz CT molecular complexity index is 551. The minimum atomic E-state index is -3.18. The SMILES string of the molecule is C[C@H]1CNCCN1CCOc1cccc(S(C)(=O)=O)c1.Cl. The first-order valence-electron chi connectivity index (χ1n) is 6.84. The van der Waals surface area contributed by atoms with Crippen molar-refractivity contribution in [2.45, 2.75) is 17.9 Å². The predicted molar refractivity (Wildman–Crippen MR) is 86.2 cm³/mol. The minimum Gasteiger partial charge on any atom is -0.492 e. The highest BCUT2D eigenvalue weighted by Gasteiger charge is 2.17. The van der Waals surface area contributed by atoms with Gasteiger partial charge in [-0.3, -0.25) is 4.90 Å². The van der Waals surface area contributed by atoms with Gasteiger partial charge in [-0.1, -0.05) is 6.07 Å². The van der Waals surface area contributed by atoms with Crippen molar-refractivity contribution in [3.63, 3.8) is 0 Å². The van der Waals surface area contributed by atoms with Gasteiger partial charge in [-0.2, -0.15) is 0 Å². The van der Waals surface area contributed by atoms with Gasteiger partial charge in [0.1, 0.15) is 12.4 Å². The smallest absolute Gasteiger partial charge is 0.175 e. The van der Waals surface area contributed by atoms with Crippen LogP contribution in [0.25, 0.3) is 0 Å². The molecule has 1 atom stereocenters. The van der Waals surface area contributed by atoms with Gasteiger partial charge < -0.3 is 10.1 Å². The van der Waals surface area contributed by atoms with Crippen LogP contribution in [-0.4, -0.2) is 58.4 Å². The van der Waals surface area contributed by atoms with Crippen molar-refractivity contribution in [1.82, 2.24) is 10.2 Å². The Morgan fingerprint density at radius 1 is 1.43 bits per heavy atom. The molecule has 0 unspecified atom stereocenters. The maximum absolute atomic E-state index is 11.5. The number of halogens is 1. The predicted octanol–water partition coefficient (Wildman–Crippen LogP) is 1.18. The molecule has 7 heteroatoms. The van der Waals surface area contributed by atoms with Gasteiger partial charge in [-0.25, -0.2) is 8.42 Å². The lowest BCUT2D eigenvalue weighted by Crippen LogP contribution is -2.50. The second-order valence-corrected chi connectivity index (χ2v) is 7.20. The first-order valence-corrected chi connectivity index (χ1v) is 8.73. The molecule has 1 fully saturated rings. The number of ether oxygens (including phenoxy) is 1. The molecule has 1 aliphatic heterocycles. The van der Waals surface area contributed by atoms with Gasteiger partial charge in [0.2, 0.25) is 0 Å². The van der Waals surface area contributed by atoms with Gasteiger partial charge in [-0.05, 0) is 25.1 Å². The van der Waals surface area contributed by atoms with E-state index in [1.807, 2.05) is 0 Å². The summed E-state index contributed by atoms with van der Waals surface area (Å²) in [4.78, 5) is 2.67. The second kappa shape index (κ2) is 7.98. The molecule has 1 aliphatic rings. The third-order valence-electron chi connectivity index (χ3n) is 3.52. The van der Waals surface area contributed by atoms with Gasteiger partial charge >= 0.3 is 0 Å². The van der Waals surface area contributed by atoms with Crippen LogP contribution in [0.5, 0.6) is 5.75 Å². The van der Waals surface area contributed by atoms with Crippen LogP contribution in [0.2, 0.25) is 0 Å². The molecule has 0 amide bonds. The van der Waals surface area contributed by atoms with Crippen molar-refractivity contribution in [2.75, 3.05) is 39.0 Å². The molecule has 1 aromatic rings. The van der Waals surface area contributed by atoms with E-state index in [-0.39, 0.29) is 12.4 Å². The van der Waals surface area contributed by atoms with Gasteiger partial charge in [0.15, 0.2) is 9.84 Å². The van der Waals surface area contributed by atoms with Crippen molar-refractivity contribution in [3.8, 4) is 5.75 Å². The van der Waals surface area contributed by atoms with E-state index in [0.717, 1.165) is 26.2 Å². The van der Waals surface area contributed by atoms with Crippen LogP contribution in [0, 0.1) is 0 Å². The number of nitrogens with one attached hydrogen (secondary N) is 1. The zero-order chi connectivity index (χ0) is 14.6. The van der Waals surface area contributed by atoms with Gasteiger partial charge in [0.05, 0.1) is 4.90 Å². The summed E-state index contributed by atoms with van der Waals surface area (Å²) in [5.74, 6) is 0.607. The lowest BCUT2D eigenvalue weighted by atomic mass is 10.2. The maximum atomic E-state index is 11.5. The van der Waals surface area contributed by atoms with Crippen molar-refractivity contribution < 1.29 is 13.2 Å². The summed E-state index contributed by atoms with van der Waals surface area (Å²) in [6.07, 6.45) is 1.20. The number of nitrogens with zero attached hydrogens (tertiary/aromatic N) is 1. The molecular weight excluding hydrogens is 312 g/mol. The molecule has 5 nitrogen and oxygen atoms in total. The molecule has 2 rings (SSSR count). The van der Waals surface area contributed by atoms with Crippen LogP contribution in [0.15, 0.2) is 29.2 Å². The molecule has 1 heterocycles. The molecule has 0 radical (unpaired) electrons. The Balaban J connectivity index is 0.00000220. The van der Waals surface area contributed by atoms with Crippen LogP contribution >= 0.6 is 12.4 Å². The maximum Gasteiger partial charge on any atom is 0.175 e. The summed E-state index contributed by atoms with van der Waals surface area (Å²) in [5, 5.41) is 3.35. The summed E-state index contributed by atoms with van der Waals surface area (Å²) >= 11 is 0. The van der Waals surface area contributed by atoms with Gasteiger partial charge in [0.25, 0.3) is 0 Å². The van der Waals surface area contributed by atoms with Crippen LogP contribution in [0.3, 0.4) is 0 Å². The molecule has 120 valence electrons. The van der Waals surface area contributed by atoms with E-state index in [0.29, 0.717) is 23.3 Å². The normalized spacial score (nSPS) is 19.8. The fraction of sp³-hybridized carbons (Fsp3) is 0.571. The Morgan fingerprint density at radius 3 is 2.86 bits per heavy atom. The summed E-state index contributed by atoms with van der Waals surface area (Å²) in [7, 11) is -3.18. The van der Waals surface area contributed by atoms with Crippen LogP contribution in [-0.2, 0) is 9.84 Å². The standard InChI is InChI=1S/C14H22N2O3S.ClH/c1-12-11-15-6-7-16(12)8-9-19-13-4-3-5-14(10-13)20(2,17)18;/h3-5,10,12,15H,6-9,11H2,1-2H3;1H/t12-;/m0./s1. The average Bonchev–Trinajstić information content (AvgIpc) is 2.40. The number of hydrogen-bond acceptors (Lipinski definition) is 5. The fourth-order valence-corrected chi connectivity index (χ4v) is 2.95. The lowest BCUT2D eigenvalue weighted by molar-refractivity contribution is 0.143. The number of sulfone groups is 1. The van der Waals surface area contributed by atoms with E-state index in [4.69, 9.17) is 4.74 Å². The van der Waals surface area contributed by atoms with E-state index in [1.54, 1.807) is 24.3 Å². The zero-order valence-corrected chi connectivity index (χ0v) is 14.0. The van der Waals surface area contributed by atoms with Crippen molar-refractivity contribution in [1.29, 1.82) is 0 Å². The molecule has 0 bridgehead atoms. The molecule has 0 spiro atoms. The third-order valence-corrected chi connectivity index (χ3v) is 4.63. The number of rotatable bonds is 5. The molecule has 1 aromatic carbocycles. The lowest BCUT2D eigenvalue weighted by Gasteiger charge is -2.33. The number of hydrogen-bond donors (Lipinski definition) is 1. The summed E-state index contributed by atoms with van der Waals surface area (Å²) < 4.78 is 28.6. The highest BCUT2D eigenvalue weighted by Crippen LogP contribution is 2.17. The van der Waals surface area contributed by atoms with Crippen LogP contribution < -0.4 is 10.1 Å². The van der Waals surface area contributed by atoms with Crippen molar-refractivity contribution in [3.05, 3.63) is 24.3 Å². The summed E-state index contributed by atoms with van der Waals surface area (Å²) in [5.41, 5.74) is 0. The molecular formula is C14H23ClN2O3S. The number of piperazine rings is 1. The zero-order valence-electron chi connectivity index (χ0n) is 12.4. The van der Waals surface area contributed by atoms with Gasteiger partial charge in [0, 0.05) is 38.5 Å². The van der Waals surface area contributed by atoms with E-state index < -0.39 is 9.84 Å². The molecule has 21 heavy (non-hydrogen) atoms. The quantitative estimate of drug-likeness (QED) is 0.876. The van der Waals surface area contributed by atoms with E-state index >= 15 is 0 Å². The second-order valence-electron chi connectivity index (χ2n) is 5.18. The Morgan fingerprint density at radius 2 is 2.19 bits per heavy atom. The molecule has 0 saturated carbocycles. The fourth-order valence-electron chi connectivity index (χ4n) is 2.29. The first-order chi connectivity index (χ1) is 9.47. The molecule has 1 saturated heterocycles. The Kier molecular flexibility index (Phi) is 6.93. The average molecular weight is 335 g/mol.